The lowest BCUT2D eigenvalue weighted by molar-refractivity contribution is -0.153. The third-order valence-electron chi connectivity index (χ3n) is 3.66. The first kappa shape index (κ1) is 16.0. The molecule has 1 aromatic rings. The maximum absolute atomic E-state index is 12.2. The SMILES string of the molecule is CCn1nc(C)cc1C(=O)NCC(C)CC1(C)OCCO1. The number of nitrogens with one attached hydrogen (secondary N) is 1. The summed E-state index contributed by atoms with van der Waals surface area (Å²) in [5, 5.41) is 7.25. The molecule has 6 nitrogen and oxygen atoms in total. The van der Waals surface area contributed by atoms with Gasteiger partial charge in [-0.15, -0.1) is 0 Å². The van der Waals surface area contributed by atoms with Gasteiger partial charge in [-0.05, 0) is 32.8 Å². The van der Waals surface area contributed by atoms with Crippen molar-refractivity contribution in [3.8, 4) is 0 Å². The lowest BCUT2D eigenvalue weighted by atomic mass is 10.0. The molecular formula is C15H25N3O3. The van der Waals surface area contributed by atoms with Crippen molar-refractivity contribution in [2.75, 3.05) is 19.8 Å². The summed E-state index contributed by atoms with van der Waals surface area (Å²) in [6.45, 7) is 10.5. The molecule has 1 amide bonds. The Labute approximate surface area is 125 Å². The van der Waals surface area contributed by atoms with Gasteiger partial charge >= 0.3 is 0 Å². The number of carbonyl (C=O) groups is 1. The lowest BCUT2D eigenvalue weighted by Crippen LogP contribution is -2.35. The second-order valence-electron chi connectivity index (χ2n) is 5.84. The van der Waals surface area contributed by atoms with E-state index in [1.807, 2.05) is 26.8 Å². The Bertz CT molecular complexity index is 492. The van der Waals surface area contributed by atoms with Crippen molar-refractivity contribution in [2.45, 2.75) is 46.4 Å². The second kappa shape index (κ2) is 6.58. The van der Waals surface area contributed by atoms with Crippen LogP contribution in [0.4, 0.5) is 0 Å². The molecule has 0 bridgehead atoms. The first-order valence-corrected chi connectivity index (χ1v) is 7.54. The molecular weight excluding hydrogens is 270 g/mol. The fraction of sp³-hybridized carbons (Fsp3) is 0.733. The van der Waals surface area contributed by atoms with Crippen LogP contribution in [0, 0.1) is 12.8 Å². The van der Waals surface area contributed by atoms with Crippen LogP contribution in [0.25, 0.3) is 0 Å². The smallest absolute Gasteiger partial charge is 0.269 e. The molecule has 0 saturated carbocycles. The Morgan fingerprint density at radius 1 is 1.52 bits per heavy atom. The van der Waals surface area contributed by atoms with Crippen molar-refractivity contribution in [1.82, 2.24) is 15.1 Å². The fourth-order valence-corrected chi connectivity index (χ4v) is 2.71. The van der Waals surface area contributed by atoms with E-state index >= 15 is 0 Å². The van der Waals surface area contributed by atoms with Crippen LogP contribution in [-0.2, 0) is 16.0 Å². The van der Waals surface area contributed by atoms with E-state index in [0.717, 1.165) is 12.1 Å². The second-order valence-corrected chi connectivity index (χ2v) is 5.84. The van der Waals surface area contributed by atoms with Gasteiger partial charge in [-0.25, -0.2) is 0 Å². The van der Waals surface area contributed by atoms with Crippen LogP contribution < -0.4 is 5.32 Å². The molecule has 1 aromatic heterocycles. The minimum Gasteiger partial charge on any atom is -0.350 e. The van der Waals surface area contributed by atoms with Crippen molar-refractivity contribution in [1.29, 1.82) is 0 Å². The molecule has 1 unspecified atom stereocenters. The van der Waals surface area contributed by atoms with E-state index in [-0.39, 0.29) is 11.8 Å². The quantitative estimate of drug-likeness (QED) is 0.868. The van der Waals surface area contributed by atoms with Crippen molar-refractivity contribution in [3.63, 3.8) is 0 Å². The van der Waals surface area contributed by atoms with Gasteiger partial charge in [-0.3, -0.25) is 9.48 Å². The molecule has 1 aliphatic heterocycles. The van der Waals surface area contributed by atoms with E-state index in [9.17, 15) is 4.79 Å². The van der Waals surface area contributed by atoms with Crippen LogP contribution in [0.3, 0.4) is 0 Å². The van der Waals surface area contributed by atoms with Gasteiger partial charge in [-0.1, -0.05) is 6.92 Å². The van der Waals surface area contributed by atoms with E-state index in [0.29, 0.717) is 32.0 Å². The molecule has 2 rings (SSSR count). The molecule has 1 saturated heterocycles. The Morgan fingerprint density at radius 2 is 2.19 bits per heavy atom. The highest BCUT2D eigenvalue weighted by Gasteiger charge is 2.32. The summed E-state index contributed by atoms with van der Waals surface area (Å²) in [5.41, 5.74) is 1.47. The number of aryl methyl sites for hydroxylation is 2. The number of aromatic nitrogens is 2. The van der Waals surface area contributed by atoms with Crippen LogP contribution in [0.1, 0.15) is 43.4 Å². The molecule has 1 atom stereocenters. The molecule has 0 aliphatic carbocycles. The molecule has 21 heavy (non-hydrogen) atoms. The fourth-order valence-electron chi connectivity index (χ4n) is 2.71. The number of hydrogen-bond donors (Lipinski definition) is 1. The van der Waals surface area contributed by atoms with E-state index in [4.69, 9.17) is 9.47 Å². The van der Waals surface area contributed by atoms with Crippen molar-refractivity contribution < 1.29 is 14.3 Å². The summed E-state index contributed by atoms with van der Waals surface area (Å²) in [5.74, 6) is -0.315. The molecule has 1 aliphatic rings. The Kier molecular flexibility index (Phi) is 5.00. The Hall–Kier alpha value is -1.40. The van der Waals surface area contributed by atoms with Crippen molar-refractivity contribution in [3.05, 3.63) is 17.5 Å². The highest BCUT2D eigenvalue weighted by molar-refractivity contribution is 5.92. The van der Waals surface area contributed by atoms with Gasteiger partial charge in [-0.2, -0.15) is 5.10 Å². The highest BCUT2D eigenvalue weighted by atomic mass is 16.7. The maximum atomic E-state index is 12.2. The molecule has 2 heterocycles. The van der Waals surface area contributed by atoms with Gasteiger partial charge in [0, 0.05) is 19.5 Å². The molecule has 6 heteroatoms. The molecule has 0 radical (unpaired) electrons. The maximum Gasteiger partial charge on any atom is 0.269 e. The van der Waals surface area contributed by atoms with Crippen LogP contribution in [0.5, 0.6) is 0 Å². The molecule has 1 N–H and O–H groups in total. The number of amides is 1. The Balaban J connectivity index is 1.85. The summed E-state index contributed by atoms with van der Waals surface area (Å²) in [6, 6.07) is 1.81. The monoisotopic (exact) mass is 295 g/mol. The van der Waals surface area contributed by atoms with E-state index in [2.05, 4.69) is 17.3 Å². The summed E-state index contributed by atoms with van der Waals surface area (Å²) >= 11 is 0. The first-order chi connectivity index (χ1) is 9.93. The average Bonchev–Trinajstić information content (AvgIpc) is 3.02. The summed E-state index contributed by atoms with van der Waals surface area (Å²) in [6.07, 6.45) is 0.763. The van der Waals surface area contributed by atoms with E-state index in [1.165, 1.54) is 0 Å². The Morgan fingerprint density at radius 3 is 2.81 bits per heavy atom. The number of nitrogens with zero attached hydrogens (tertiary/aromatic N) is 2. The zero-order chi connectivity index (χ0) is 15.5. The number of hydrogen-bond acceptors (Lipinski definition) is 4. The van der Waals surface area contributed by atoms with Crippen LogP contribution >= 0.6 is 0 Å². The molecule has 0 aromatic carbocycles. The summed E-state index contributed by atoms with van der Waals surface area (Å²) < 4.78 is 12.9. The van der Waals surface area contributed by atoms with Gasteiger partial charge in [0.1, 0.15) is 5.69 Å². The molecule has 1 fully saturated rings. The van der Waals surface area contributed by atoms with Gasteiger partial charge in [0.25, 0.3) is 5.91 Å². The first-order valence-electron chi connectivity index (χ1n) is 7.54. The van der Waals surface area contributed by atoms with Gasteiger partial charge in [0.2, 0.25) is 0 Å². The van der Waals surface area contributed by atoms with Crippen LogP contribution in [0.15, 0.2) is 6.07 Å². The topological polar surface area (TPSA) is 65.4 Å². The van der Waals surface area contributed by atoms with Crippen LogP contribution in [-0.4, -0.2) is 41.2 Å². The predicted molar refractivity (Wildman–Crippen MR) is 79.1 cm³/mol. The van der Waals surface area contributed by atoms with Gasteiger partial charge in [0.05, 0.1) is 18.9 Å². The summed E-state index contributed by atoms with van der Waals surface area (Å²) in [7, 11) is 0. The average molecular weight is 295 g/mol. The van der Waals surface area contributed by atoms with Gasteiger partial charge < -0.3 is 14.8 Å². The number of rotatable bonds is 6. The van der Waals surface area contributed by atoms with Gasteiger partial charge in [0.15, 0.2) is 5.79 Å². The number of ether oxygens (including phenoxy) is 2. The lowest BCUT2D eigenvalue weighted by Gasteiger charge is -2.26. The summed E-state index contributed by atoms with van der Waals surface area (Å²) in [4.78, 5) is 12.2. The molecule has 0 spiro atoms. The highest BCUT2D eigenvalue weighted by Crippen LogP contribution is 2.26. The standard InChI is InChI=1S/C15H25N3O3/c1-5-18-13(8-12(3)17-18)14(19)16-10-11(2)9-15(4)20-6-7-21-15/h8,11H,5-7,9-10H2,1-4H3,(H,16,19). The number of carbonyl (C=O) groups excluding carboxylic acids is 1. The third-order valence-corrected chi connectivity index (χ3v) is 3.66. The minimum absolute atomic E-state index is 0.0808. The van der Waals surface area contributed by atoms with Crippen molar-refractivity contribution >= 4 is 5.91 Å². The zero-order valence-electron chi connectivity index (χ0n) is 13.3. The zero-order valence-corrected chi connectivity index (χ0v) is 13.3. The van der Waals surface area contributed by atoms with E-state index < -0.39 is 5.79 Å². The normalized spacial score (nSPS) is 18.7. The predicted octanol–water partition coefficient (Wildman–Crippen LogP) is 1.73. The largest absolute Gasteiger partial charge is 0.350 e. The molecule has 118 valence electrons. The third kappa shape index (κ3) is 4.04. The van der Waals surface area contributed by atoms with Crippen molar-refractivity contribution in [2.24, 2.45) is 5.92 Å². The van der Waals surface area contributed by atoms with Crippen LogP contribution in [0.2, 0.25) is 0 Å². The van der Waals surface area contributed by atoms with E-state index in [1.54, 1.807) is 4.68 Å². The minimum atomic E-state index is -0.508.